The molecular weight excluding hydrogens is 180 g/mol. The lowest BCUT2D eigenvalue weighted by Crippen LogP contribution is -2.30. The van der Waals surface area contributed by atoms with Crippen LogP contribution in [0, 0.1) is 12.3 Å². The van der Waals surface area contributed by atoms with Gasteiger partial charge in [-0.05, 0) is 0 Å². The number of nitrogen functional groups attached to an aromatic ring is 1. The summed E-state index contributed by atoms with van der Waals surface area (Å²) in [4.78, 5) is 12.9. The molecular formula is C9H12N4O. The molecule has 0 saturated heterocycles. The van der Waals surface area contributed by atoms with E-state index in [9.17, 15) is 4.79 Å². The molecule has 0 radical (unpaired) electrons. The van der Waals surface area contributed by atoms with Gasteiger partial charge in [-0.2, -0.15) is 5.10 Å². The molecule has 1 aromatic rings. The molecule has 1 rings (SSSR count). The Morgan fingerprint density at radius 2 is 2.57 bits per heavy atom. The van der Waals surface area contributed by atoms with Crippen LogP contribution in [0.3, 0.4) is 0 Å². The van der Waals surface area contributed by atoms with Crippen molar-refractivity contribution >= 4 is 11.6 Å². The number of amides is 1. The molecule has 1 heterocycles. The number of hydrogen-bond donors (Lipinski definition) is 1. The Hall–Kier alpha value is -1.96. The zero-order chi connectivity index (χ0) is 10.6. The minimum absolute atomic E-state index is 0.0916. The van der Waals surface area contributed by atoms with Crippen LogP contribution in [0.15, 0.2) is 12.4 Å². The average molecular weight is 192 g/mol. The number of nitrogens with zero attached hydrogens (tertiary/aromatic N) is 3. The number of hydrogen-bond acceptors (Lipinski definition) is 3. The minimum Gasteiger partial charge on any atom is -0.396 e. The van der Waals surface area contributed by atoms with Crippen molar-refractivity contribution in [1.29, 1.82) is 0 Å². The van der Waals surface area contributed by atoms with Crippen LogP contribution in [0.2, 0.25) is 0 Å². The van der Waals surface area contributed by atoms with E-state index < -0.39 is 0 Å². The second-order valence-electron chi connectivity index (χ2n) is 2.93. The van der Waals surface area contributed by atoms with Gasteiger partial charge in [-0.15, -0.1) is 6.42 Å². The van der Waals surface area contributed by atoms with Crippen LogP contribution in [0.1, 0.15) is 0 Å². The highest BCUT2D eigenvalue weighted by Crippen LogP contribution is 1.98. The van der Waals surface area contributed by atoms with Gasteiger partial charge in [-0.1, -0.05) is 5.92 Å². The molecule has 1 aromatic heterocycles. The number of likely N-dealkylation sites (N-methyl/N-ethyl adjacent to an activating group) is 1. The van der Waals surface area contributed by atoms with Crippen molar-refractivity contribution in [3.63, 3.8) is 0 Å². The van der Waals surface area contributed by atoms with Gasteiger partial charge in [0.25, 0.3) is 0 Å². The molecule has 74 valence electrons. The first-order chi connectivity index (χ1) is 6.63. The maximum atomic E-state index is 11.4. The maximum absolute atomic E-state index is 11.4. The van der Waals surface area contributed by atoms with Gasteiger partial charge in [0, 0.05) is 13.2 Å². The third kappa shape index (κ3) is 2.52. The Bertz CT molecular complexity index is 363. The highest BCUT2D eigenvalue weighted by molar-refractivity contribution is 5.75. The summed E-state index contributed by atoms with van der Waals surface area (Å²) in [5, 5.41) is 3.89. The largest absolute Gasteiger partial charge is 0.396 e. The molecule has 0 aliphatic rings. The van der Waals surface area contributed by atoms with Gasteiger partial charge < -0.3 is 10.6 Å². The van der Waals surface area contributed by atoms with Gasteiger partial charge in [-0.25, -0.2) is 0 Å². The molecule has 14 heavy (non-hydrogen) atoms. The van der Waals surface area contributed by atoms with Crippen LogP contribution in [0.4, 0.5) is 5.69 Å². The summed E-state index contributed by atoms with van der Waals surface area (Å²) in [6.07, 6.45) is 8.17. The van der Waals surface area contributed by atoms with E-state index in [2.05, 4.69) is 11.0 Å². The van der Waals surface area contributed by atoms with Gasteiger partial charge in [0.05, 0.1) is 18.4 Å². The Kier molecular flexibility index (Phi) is 3.13. The molecule has 0 aliphatic heterocycles. The lowest BCUT2D eigenvalue weighted by molar-refractivity contribution is -0.130. The van der Waals surface area contributed by atoms with Gasteiger partial charge in [0.1, 0.15) is 6.54 Å². The van der Waals surface area contributed by atoms with Crippen LogP contribution in [-0.4, -0.2) is 34.2 Å². The number of carbonyl (C=O) groups is 1. The zero-order valence-electron chi connectivity index (χ0n) is 7.97. The fourth-order valence-electron chi connectivity index (χ4n) is 0.950. The van der Waals surface area contributed by atoms with Gasteiger partial charge >= 0.3 is 0 Å². The van der Waals surface area contributed by atoms with Crippen molar-refractivity contribution in [2.75, 3.05) is 19.3 Å². The minimum atomic E-state index is -0.0916. The van der Waals surface area contributed by atoms with E-state index in [-0.39, 0.29) is 12.5 Å². The van der Waals surface area contributed by atoms with Crippen LogP contribution >= 0.6 is 0 Å². The number of aromatic nitrogens is 2. The van der Waals surface area contributed by atoms with Gasteiger partial charge in [-0.3, -0.25) is 9.48 Å². The first kappa shape index (κ1) is 10.1. The number of nitrogens with two attached hydrogens (primary N) is 1. The Morgan fingerprint density at radius 1 is 1.86 bits per heavy atom. The maximum Gasteiger partial charge on any atom is 0.244 e. The molecule has 0 fully saturated rings. The van der Waals surface area contributed by atoms with Crippen molar-refractivity contribution in [2.45, 2.75) is 6.54 Å². The fraction of sp³-hybridized carbons (Fsp3) is 0.333. The van der Waals surface area contributed by atoms with Gasteiger partial charge in [0.2, 0.25) is 5.91 Å². The second kappa shape index (κ2) is 4.33. The number of terminal acetylenes is 1. The van der Waals surface area contributed by atoms with Crippen molar-refractivity contribution in [1.82, 2.24) is 14.7 Å². The quantitative estimate of drug-likeness (QED) is 0.660. The molecule has 0 atom stereocenters. The van der Waals surface area contributed by atoms with E-state index in [4.69, 9.17) is 12.2 Å². The van der Waals surface area contributed by atoms with E-state index in [1.54, 1.807) is 13.2 Å². The van der Waals surface area contributed by atoms with Crippen LogP contribution < -0.4 is 5.73 Å². The molecule has 1 amide bonds. The summed E-state index contributed by atoms with van der Waals surface area (Å²) in [6, 6.07) is 0. The zero-order valence-corrected chi connectivity index (χ0v) is 7.97. The standard InChI is InChI=1S/C9H12N4O/c1-3-4-12(2)9(14)7-13-6-8(10)5-11-13/h1,5-6H,4,7,10H2,2H3. The molecule has 0 bridgehead atoms. The number of rotatable bonds is 3. The summed E-state index contributed by atoms with van der Waals surface area (Å²) in [5.41, 5.74) is 5.99. The predicted molar refractivity (Wildman–Crippen MR) is 53.1 cm³/mol. The monoisotopic (exact) mass is 192 g/mol. The Morgan fingerprint density at radius 3 is 3.07 bits per heavy atom. The Labute approximate surface area is 82.5 Å². The number of anilines is 1. The van der Waals surface area contributed by atoms with Crippen molar-refractivity contribution in [3.8, 4) is 12.3 Å². The van der Waals surface area contributed by atoms with Gasteiger partial charge in [0.15, 0.2) is 0 Å². The van der Waals surface area contributed by atoms with Crippen LogP contribution in [-0.2, 0) is 11.3 Å². The van der Waals surface area contributed by atoms with E-state index in [1.165, 1.54) is 15.8 Å². The third-order valence-electron chi connectivity index (χ3n) is 1.70. The van der Waals surface area contributed by atoms with Crippen molar-refractivity contribution in [2.24, 2.45) is 0 Å². The van der Waals surface area contributed by atoms with Crippen LogP contribution in [0.25, 0.3) is 0 Å². The SMILES string of the molecule is C#CCN(C)C(=O)Cn1cc(N)cn1. The summed E-state index contributed by atoms with van der Waals surface area (Å²) in [5.74, 6) is 2.30. The summed E-state index contributed by atoms with van der Waals surface area (Å²) < 4.78 is 1.48. The van der Waals surface area contributed by atoms with E-state index in [0.29, 0.717) is 12.2 Å². The molecule has 0 saturated carbocycles. The molecule has 0 aromatic carbocycles. The van der Waals surface area contributed by atoms with Crippen LogP contribution in [0.5, 0.6) is 0 Å². The first-order valence-electron chi connectivity index (χ1n) is 4.09. The average Bonchev–Trinajstić information content (AvgIpc) is 2.51. The highest BCUT2D eigenvalue weighted by atomic mass is 16.2. The van der Waals surface area contributed by atoms with Crippen molar-refractivity contribution in [3.05, 3.63) is 12.4 Å². The first-order valence-corrected chi connectivity index (χ1v) is 4.09. The summed E-state index contributed by atoms with van der Waals surface area (Å²) >= 11 is 0. The van der Waals surface area contributed by atoms with E-state index in [1.807, 2.05) is 0 Å². The topological polar surface area (TPSA) is 64.2 Å². The fourth-order valence-corrected chi connectivity index (χ4v) is 0.950. The molecule has 5 nitrogen and oxygen atoms in total. The lowest BCUT2D eigenvalue weighted by atomic mass is 10.5. The molecule has 0 unspecified atom stereocenters. The number of carbonyl (C=O) groups excluding carboxylic acids is 1. The summed E-state index contributed by atoms with van der Waals surface area (Å²) in [7, 11) is 1.65. The van der Waals surface area contributed by atoms with Crippen molar-refractivity contribution < 1.29 is 4.79 Å². The molecule has 5 heteroatoms. The second-order valence-corrected chi connectivity index (χ2v) is 2.93. The lowest BCUT2D eigenvalue weighted by Gasteiger charge is -2.13. The summed E-state index contributed by atoms with van der Waals surface area (Å²) in [6.45, 7) is 0.463. The smallest absolute Gasteiger partial charge is 0.244 e. The third-order valence-corrected chi connectivity index (χ3v) is 1.70. The van der Waals surface area contributed by atoms with E-state index in [0.717, 1.165) is 0 Å². The van der Waals surface area contributed by atoms with E-state index >= 15 is 0 Å². The normalized spacial score (nSPS) is 9.43. The highest BCUT2D eigenvalue weighted by Gasteiger charge is 2.08. The Balaban J connectivity index is 2.53. The predicted octanol–water partition coefficient (Wildman–Crippen LogP) is -0.443. The molecule has 0 spiro atoms. The molecule has 0 aliphatic carbocycles. The molecule has 2 N–H and O–H groups in total.